The summed E-state index contributed by atoms with van der Waals surface area (Å²) in [5.74, 6) is 0. The van der Waals surface area contributed by atoms with Crippen molar-refractivity contribution >= 4 is 7.82 Å². The third-order valence-corrected chi connectivity index (χ3v) is 2.01. The predicted octanol–water partition coefficient (Wildman–Crippen LogP) is 1.25. The van der Waals surface area contributed by atoms with Gasteiger partial charge < -0.3 is 14.7 Å². The molecule has 5 heteroatoms. The van der Waals surface area contributed by atoms with E-state index in [9.17, 15) is 0 Å². The highest BCUT2D eigenvalue weighted by atomic mass is 31.2. The number of hydrogen-bond acceptors (Lipinski definition) is 1. The zero-order valence-corrected chi connectivity index (χ0v) is 8.52. The van der Waals surface area contributed by atoms with Gasteiger partial charge in [0.15, 0.2) is 0 Å². The van der Waals surface area contributed by atoms with Gasteiger partial charge in [0.2, 0.25) is 0 Å². The maximum absolute atomic E-state index is 8.88. The Kier molecular flexibility index (Phi) is 3.84. The van der Waals surface area contributed by atoms with Gasteiger partial charge in [-0.15, -0.1) is 0 Å². The molecule has 78 valence electrons. The minimum absolute atomic E-state index is 1.30. The first-order valence-corrected chi connectivity index (χ1v) is 5.88. The highest BCUT2D eigenvalue weighted by molar-refractivity contribution is 7.45. The fourth-order valence-electron chi connectivity index (χ4n) is 1.51. The monoisotopic (exact) mass is 216 g/mol. The van der Waals surface area contributed by atoms with Gasteiger partial charge in [-0.3, -0.25) is 0 Å². The fraction of sp³-hybridized carbons (Fsp3) is 0.333. The number of phosphoric acid groups is 1. The van der Waals surface area contributed by atoms with Crippen molar-refractivity contribution in [3.05, 3.63) is 35.4 Å². The summed E-state index contributed by atoms with van der Waals surface area (Å²) in [4.78, 5) is 21.6. The topological polar surface area (TPSA) is 77.8 Å². The Morgan fingerprint density at radius 3 is 1.71 bits per heavy atom. The van der Waals surface area contributed by atoms with Gasteiger partial charge in [-0.1, -0.05) is 24.3 Å². The smallest absolute Gasteiger partial charge is 0.303 e. The molecule has 0 spiro atoms. The molecule has 4 nitrogen and oxygen atoms in total. The van der Waals surface area contributed by atoms with Crippen LogP contribution in [0.2, 0.25) is 0 Å². The Bertz CT molecular complexity index is 313. The molecule has 1 aliphatic carbocycles. The number of hydrogen-bond donors (Lipinski definition) is 3. The second kappa shape index (κ2) is 4.71. The largest absolute Gasteiger partial charge is 0.466 e. The normalized spacial score (nSPS) is 14.2. The van der Waals surface area contributed by atoms with Crippen LogP contribution in [0.3, 0.4) is 0 Å². The molecule has 14 heavy (non-hydrogen) atoms. The predicted molar refractivity (Wildman–Crippen MR) is 52.7 cm³/mol. The van der Waals surface area contributed by atoms with Crippen LogP contribution in [0.5, 0.6) is 0 Å². The molecule has 0 fully saturated rings. The molecule has 0 amide bonds. The summed E-state index contributed by atoms with van der Waals surface area (Å²) in [6.45, 7) is 0. The molecule has 0 aliphatic heterocycles. The summed E-state index contributed by atoms with van der Waals surface area (Å²) in [7, 11) is -4.64. The lowest BCUT2D eigenvalue weighted by molar-refractivity contribution is 0.275. The fourth-order valence-corrected chi connectivity index (χ4v) is 1.51. The number of benzene rings is 1. The summed E-state index contributed by atoms with van der Waals surface area (Å²) in [6.07, 6.45) is 3.96. The Morgan fingerprint density at radius 1 is 1.00 bits per heavy atom. The van der Waals surface area contributed by atoms with E-state index < -0.39 is 7.82 Å². The van der Waals surface area contributed by atoms with Crippen LogP contribution in [-0.2, 0) is 17.4 Å². The zero-order valence-electron chi connectivity index (χ0n) is 7.63. The highest BCUT2D eigenvalue weighted by Gasteiger charge is 2.07. The third-order valence-electron chi connectivity index (χ3n) is 2.01. The van der Waals surface area contributed by atoms with Crippen LogP contribution in [0.4, 0.5) is 0 Å². The SMILES string of the molecule is O=P(O)(O)O.c1ccc2c(c1)CCC2. The average molecular weight is 216 g/mol. The molecule has 0 bridgehead atoms. The molecular formula is C9H13O4P. The first-order valence-electron chi connectivity index (χ1n) is 4.32. The van der Waals surface area contributed by atoms with E-state index in [2.05, 4.69) is 24.3 Å². The van der Waals surface area contributed by atoms with E-state index >= 15 is 0 Å². The summed E-state index contributed by atoms with van der Waals surface area (Å²) >= 11 is 0. The zero-order chi connectivity index (χ0) is 10.6. The van der Waals surface area contributed by atoms with Crippen LogP contribution in [0.1, 0.15) is 17.5 Å². The van der Waals surface area contributed by atoms with Crippen molar-refractivity contribution in [2.75, 3.05) is 0 Å². The average Bonchev–Trinajstić information content (AvgIpc) is 2.47. The van der Waals surface area contributed by atoms with Crippen molar-refractivity contribution in [2.24, 2.45) is 0 Å². The van der Waals surface area contributed by atoms with Crippen molar-refractivity contribution in [1.29, 1.82) is 0 Å². The van der Waals surface area contributed by atoms with E-state index in [-0.39, 0.29) is 0 Å². The number of aryl methyl sites for hydroxylation is 2. The van der Waals surface area contributed by atoms with Gasteiger partial charge in [-0.2, -0.15) is 0 Å². The van der Waals surface area contributed by atoms with E-state index in [4.69, 9.17) is 19.2 Å². The molecule has 1 aromatic carbocycles. The van der Waals surface area contributed by atoms with E-state index in [0.717, 1.165) is 0 Å². The van der Waals surface area contributed by atoms with Crippen LogP contribution in [0.25, 0.3) is 0 Å². The highest BCUT2D eigenvalue weighted by Crippen LogP contribution is 2.25. The lowest BCUT2D eigenvalue weighted by atomic mass is 10.1. The van der Waals surface area contributed by atoms with Crippen LogP contribution >= 0.6 is 7.82 Å². The first-order chi connectivity index (χ1) is 6.47. The summed E-state index contributed by atoms with van der Waals surface area (Å²) in [6, 6.07) is 8.74. The third kappa shape index (κ3) is 4.53. The van der Waals surface area contributed by atoms with Crippen molar-refractivity contribution in [3.63, 3.8) is 0 Å². The summed E-state index contributed by atoms with van der Waals surface area (Å²) in [5.41, 5.74) is 3.13. The second-order valence-corrected chi connectivity index (χ2v) is 4.16. The van der Waals surface area contributed by atoms with E-state index in [1.807, 2.05) is 0 Å². The summed E-state index contributed by atoms with van der Waals surface area (Å²) < 4.78 is 8.88. The molecule has 1 aliphatic rings. The Balaban J connectivity index is 0.000000171. The van der Waals surface area contributed by atoms with Crippen LogP contribution in [0, 0.1) is 0 Å². The minimum Gasteiger partial charge on any atom is -0.303 e. The molecule has 0 aromatic heterocycles. The molecule has 0 unspecified atom stereocenters. The summed E-state index contributed by atoms with van der Waals surface area (Å²) in [5, 5.41) is 0. The molecule has 2 rings (SSSR count). The van der Waals surface area contributed by atoms with Gasteiger partial charge in [0.25, 0.3) is 0 Å². The van der Waals surface area contributed by atoms with Crippen LogP contribution in [-0.4, -0.2) is 14.7 Å². The van der Waals surface area contributed by atoms with E-state index in [0.29, 0.717) is 0 Å². The lowest BCUT2D eigenvalue weighted by Gasteiger charge is -1.93. The van der Waals surface area contributed by atoms with Crippen molar-refractivity contribution in [2.45, 2.75) is 19.3 Å². The standard InChI is InChI=1S/C9H10.H3O4P/c1-2-5-9-7-3-6-8(9)4-1;1-5(2,3)4/h1-2,4-5H,3,6-7H2;(H3,1,2,3,4). The van der Waals surface area contributed by atoms with Crippen molar-refractivity contribution in [1.82, 2.24) is 0 Å². The van der Waals surface area contributed by atoms with Gasteiger partial charge in [0, 0.05) is 0 Å². The van der Waals surface area contributed by atoms with Gasteiger partial charge in [0.1, 0.15) is 0 Å². The lowest BCUT2D eigenvalue weighted by Crippen LogP contribution is -1.77. The molecular weight excluding hydrogens is 203 g/mol. The molecule has 0 atom stereocenters. The van der Waals surface area contributed by atoms with Gasteiger partial charge in [-0.05, 0) is 30.4 Å². The van der Waals surface area contributed by atoms with Crippen LogP contribution in [0.15, 0.2) is 24.3 Å². The Hall–Kier alpha value is -0.670. The van der Waals surface area contributed by atoms with Gasteiger partial charge >= 0.3 is 7.82 Å². The second-order valence-electron chi connectivity index (χ2n) is 3.14. The van der Waals surface area contributed by atoms with Gasteiger partial charge in [-0.25, -0.2) is 4.57 Å². The van der Waals surface area contributed by atoms with E-state index in [1.165, 1.54) is 19.3 Å². The Labute approximate surface area is 82.5 Å². The van der Waals surface area contributed by atoms with Crippen molar-refractivity contribution in [3.8, 4) is 0 Å². The first kappa shape index (κ1) is 11.4. The number of rotatable bonds is 0. The molecule has 1 aromatic rings. The van der Waals surface area contributed by atoms with Crippen LogP contribution < -0.4 is 0 Å². The van der Waals surface area contributed by atoms with E-state index in [1.54, 1.807) is 11.1 Å². The molecule has 0 heterocycles. The molecule has 0 radical (unpaired) electrons. The Morgan fingerprint density at radius 2 is 1.36 bits per heavy atom. The molecule has 0 saturated heterocycles. The number of fused-ring (bicyclic) bond motifs is 1. The van der Waals surface area contributed by atoms with Gasteiger partial charge in [0.05, 0.1) is 0 Å². The minimum atomic E-state index is -4.64. The maximum atomic E-state index is 8.88. The quantitative estimate of drug-likeness (QED) is 0.570. The maximum Gasteiger partial charge on any atom is 0.466 e. The molecule has 0 saturated carbocycles. The molecule has 3 N–H and O–H groups in total. The van der Waals surface area contributed by atoms with Crippen molar-refractivity contribution < 1.29 is 19.2 Å².